The molecule has 0 aliphatic carbocycles. The van der Waals surface area contributed by atoms with Crippen LogP contribution in [0.15, 0.2) is 71.8 Å². The zero-order valence-electron chi connectivity index (χ0n) is 18.1. The molecule has 1 heterocycles. The predicted molar refractivity (Wildman–Crippen MR) is 122 cm³/mol. The highest BCUT2D eigenvalue weighted by atomic mass is 32.2. The van der Waals surface area contributed by atoms with Gasteiger partial charge >= 0.3 is 0 Å². The van der Waals surface area contributed by atoms with Crippen LogP contribution in [0.4, 0.5) is 5.69 Å². The first-order chi connectivity index (χ1) is 15.3. The summed E-state index contributed by atoms with van der Waals surface area (Å²) in [7, 11) is -0.857. The van der Waals surface area contributed by atoms with Gasteiger partial charge in [-0.1, -0.05) is 6.07 Å². The molecular formula is C23H25N3O5S. The highest BCUT2D eigenvalue weighted by Gasteiger charge is 2.22. The summed E-state index contributed by atoms with van der Waals surface area (Å²) in [6.07, 6.45) is 1.61. The molecule has 1 N–H and O–H groups in total. The molecule has 3 rings (SSSR count). The van der Waals surface area contributed by atoms with Gasteiger partial charge in [0.05, 0.1) is 24.3 Å². The Morgan fingerprint density at radius 1 is 1.09 bits per heavy atom. The minimum Gasteiger partial charge on any atom is -0.497 e. The summed E-state index contributed by atoms with van der Waals surface area (Å²) in [6.45, 7) is 2.61. The first kappa shape index (κ1) is 23.1. The third-order valence-corrected chi connectivity index (χ3v) is 6.52. The van der Waals surface area contributed by atoms with Crippen LogP contribution in [-0.4, -0.2) is 40.1 Å². The van der Waals surface area contributed by atoms with E-state index in [0.29, 0.717) is 23.9 Å². The largest absolute Gasteiger partial charge is 0.497 e. The summed E-state index contributed by atoms with van der Waals surface area (Å²) in [6, 6.07) is 16.1. The van der Waals surface area contributed by atoms with Gasteiger partial charge in [0, 0.05) is 31.4 Å². The van der Waals surface area contributed by atoms with Crippen molar-refractivity contribution in [2.24, 2.45) is 0 Å². The SMILES string of the molecule is CCOc1cc(CNC(=O)c2cccc(S(=O)(=O)N(C)c3ccc(OC)cc3)c2)ccn1. The Labute approximate surface area is 187 Å². The minimum absolute atomic E-state index is 0.0195. The smallest absolute Gasteiger partial charge is 0.264 e. The molecule has 0 aliphatic rings. The van der Waals surface area contributed by atoms with E-state index in [4.69, 9.17) is 9.47 Å². The van der Waals surface area contributed by atoms with Crippen molar-refractivity contribution in [2.75, 3.05) is 25.1 Å². The van der Waals surface area contributed by atoms with E-state index in [2.05, 4.69) is 10.3 Å². The molecule has 0 atom stereocenters. The van der Waals surface area contributed by atoms with E-state index >= 15 is 0 Å². The topological polar surface area (TPSA) is 97.8 Å². The third-order valence-electron chi connectivity index (χ3n) is 4.74. The van der Waals surface area contributed by atoms with E-state index in [1.807, 2.05) is 6.92 Å². The summed E-state index contributed by atoms with van der Waals surface area (Å²) >= 11 is 0. The summed E-state index contributed by atoms with van der Waals surface area (Å²) < 4.78 is 37.8. The maximum absolute atomic E-state index is 13.1. The van der Waals surface area contributed by atoms with Crippen LogP contribution in [-0.2, 0) is 16.6 Å². The molecule has 0 fully saturated rings. The molecule has 2 aromatic carbocycles. The molecule has 0 radical (unpaired) electrons. The molecule has 3 aromatic rings. The first-order valence-electron chi connectivity index (χ1n) is 9.94. The average Bonchev–Trinajstić information content (AvgIpc) is 2.82. The highest BCUT2D eigenvalue weighted by molar-refractivity contribution is 7.92. The normalized spacial score (nSPS) is 11.0. The Bertz CT molecular complexity index is 1180. The first-order valence-corrected chi connectivity index (χ1v) is 11.4. The van der Waals surface area contributed by atoms with Crippen LogP contribution in [0.25, 0.3) is 0 Å². The Morgan fingerprint density at radius 3 is 2.53 bits per heavy atom. The van der Waals surface area contributed by atoms with Crippen molar-refractivity contribution in [1.29, 1.82) is 0 Å². The summed E-state index contributed by atoms with van der Waals surface area (Å²) in [5.41, 5.74) is 1.54. The van der Waals surface area contributed by atoms with Crippen molar-refractivity contribution < 1.29 is 22.7 Å². The van der Waals surface area contributed by atoms with Crippen molar-refractivity contribution >= 4 is 21.6 Å². The second kappa shape index (κ2) is 10.1. The van der Waals surface area contributed by atoms with Crippen molar-refractivity contribution in [3.05, 3.63) is 78.0 Å². The number of carbonyl (C=O) groups excluding carboxylic acids is 1. The lowest BCUT2D eigenvalue weighted by Gasteiger charge is -2.20. The molecule has 168 valence electrons. The van der Waals surface area contributed by atoms with Gasteiger partial charge in [-0.2, -0.15) is 0 Å². The second-order valence-corrected chi connectivity index (χ2v) is 8.79. The number of carbonyl (C=O) groups is 1. The van der Waals surface area contributed by atoms with Gasteiger partial charge < -0.3 is 14.8 Å². The van der Waals surface area contributed by atoms with Gasteiger partial charge in [0.1, 0.15) is 5.75 Å². The van der Waals surface area contributed by atoms with Crippen LogP contribution >= 0.6 is 0 Å². The Hall–Kier alpha value is -3.59. The van der Waals surface area contributed by atoms with Gasteiger partial charge in [-0.05, 0) is 61.0 Å². The van der Waals surface area contributed by atoms with Crippen molar-refractivity contribution in [3.63, 3.8) is 0 Å². The number of ether oxygens (including phenoxy) is 2. The molecule has 1 aromatic heterocycles. The fourth-order valence-electron chi connectivity index (χ4n) is 2.96. The van der Waals surface area contributed by atoms with Crippen molar-refractivity contribution in [1.82, 2.24) is 10.3 Å². The lowest BCUT2D eigenvalue weighted by Crippen LogP contribution is -2.27. The lowest BCUT2D eigenvalue weighted by molar-refractivity contribution is 0.0950. The molecule has 0 aliphatic heterocycles. The van der Waals surface area contributed by atoms with E-state index in [-0.39, 0.29) is 22.9 Å². The fourth-order valence-corrected chi connectivity index (χ4v) is 4.20. The number of anilines is 1. The molecular weight excluding hydrogens is 430 g/mol. The maximum Gasteiger partial charge on any atom is 0.264 e. The van der Waals surface area contributed by atoms with Crippen LogP contribution in [0.5, 0.6) is 11.6 Å². The monoisotopic (exact) mass is 455 g/mol. The van der Waals surface area contributed by atoms with Crippen molar-refractivity contribution in [3.8, 4) is 11.6 Å². The summed E-state index contributed by atoms with van der Waals surface area (Å²) in [5, 5.41) is 2.79. The maximum atomic E-state index is 13.1. The van der Waals surface area contributed by atoms with Gasteiger partial charge in [0.25, 0.3) is 15.9 Å². The molecule has 8 nitrogen and oxygen atoms in total. The number of methoxy groups -OCH3 is 1. The number of hydrogen-bond acceptors (Lipinski definition) is 6. The Balaban J connectivity index is 1.74. The highest BCUT2D eigenvalue weighted by Crippen LogP contribution is 2.24. The molecule has 0 saturated heterocycles. The van der Waals surface area contributed by atoms with Gasteiger partial charge in [0.15, 0.2) is 0 Å². The number of rotatable bonds is 9. The predicted octanol–water partition coefficient (Wildman–Crippen LogP) is 3.24. The quantitative estimate of drug-likeness (QED) is 0.532. The molecule has 0 bridgehead atoms. The molecule has 0 spiro atoms. The van der Waals surface area contributed by atoms with E-state index < -0.39 is 10.0 Å². The number of aromatic nitrogens is 1. The molecule has 32 heavy (non-hydrogen) atoms. The molecule has 0 saturated carbocycles. The van der Waals surface area contributed by atoms with Gasteiger partial charge in [-0.25, -0.2) is 13.4 Å². The van der Waals surface area contributed by atoms with Crippen LogP contribution in [0.2, 0.25) is 0 Å². The number of pyridine rings is 1. The number of sulfonamides is 1. The summed E-state index contributed by atoms with van der Waals surface area (Å²) in [4.78, 5) is 16.7. The Kier molecular flexibility index (Phi) is 7.32. The van der Waals surface area contributed by atoms with Crippen LogP contribution in [0, 0.1) is 0 Å². The van der Waals surface area contributed by atoms with Gasteiger partial charge in [0.2, 0.25) is 5.88 Å². The van der Waals surface area contributed by atoms with Crippen LogP contribution in [0.3, 0.4) is 0 Å². The number of nitrogens with one attached hydrogen (secondary N) is 1. The van der Waals surface area contributed by atoms with E-state index in [9.17, 15) is 13.2 Å². The second-order valence-electron chi connectivity index (χ2n) is 6.82. The van der Waals surface area contributed by atoms with Crippen LogP contribution in [0.1, 0.15) is 22.8 Å². The molecule has 1 amide bonds. The van der Waals surface area contributed by atoms with Gasteiger partial charge in [-0.3, -0.25) is 9.10 Å². The van der Waals surface area contributed by atoms with Gasteiger partial charge in [-0.15, -0.1) is 0 Å². The zero-order chi connectivity index (χ0) is 23.1. The minimum atomic E-state index is -3.86. The fraction of sp³-hybridized carbons (Fsp3) is 0.217. The van der Waals surface area contributed by atoms with Crippen molar-refractivity contribution in [2.45, 2.75) is 18.4 Å². The molecule has 9 heteroatoms. The third kappa shape index (κ3) is 5.36. The number of benzene rings is 2. The standard InChI is InChI=1S/C23H25N3O5S/c1-4-31-22-14-17(12-13-24-22)16-25-23(27)18-6-5-7-21(15-18)32(28,29)26(2)19-8-10-20(30-3)11-9-19/h5-15H,4,16H2,1-3H3,(H,25,27). The number of hydrogen-bond donors (Lipinski definition) is 1. The van der Waals surface area contributed by atoms with E-state index in [1.54, 1.807) is 61.8 Å². The number of nitrogens with zero attached hydrogens (tertiary/aromatic N) is 2. The van der Waals surface area contributed by atoms with E-state index in [0.717, 1.165) is 9.87 Å². The number of amides is 1. The summed E-state index contributed by atoms with van der Waals surface area (Å²) in [5.74, 6) is 0.721. The Morgan fingerprint density at radius 2 is 1.84 bits per heavy atom. The lowest BCUT2D eigenvalue weighted by atomic mass is 10.2. The van der Waals surface area contributed by atoms with Crippen LogP contribution < -0.4 is 19.1 Å². The molecule has 0 unspecified atom stereocenters. The zero-order valence-corrected chi connectivity index (χ0v) is 18.9. The van der Waals surface area contributed by atoms with E-state index in [1.165, 1.54) is 19.2 Å². The average molecular weight is 456 g/mol.